The molecule has 1 saturated heterocycles. The summed E-state index contributed by atoms with van der Waals surface area (Å²) in [7, 11) is 1.66. The Kier molecular flexibility index (Phi) is 7.66. The van der Waals surface area contributed by atoms with Crippen molar-refractivity contribution in [1.82, 2.24) is 20.3 Å². The highest BCUT2D eigenvalue weighted by Crippen LogP contribution is 2.31. The number of ether oxygens (including phenoxy) is 2. The lowest BCUT2D eigenvalue weighted by Gasteiger charge is -2.26. The maximum atomic E-state index is 12.6. The predicted octanol–water partition coefficient (Wildman–Crippen LogP) is 4.06. The minimum atomic E-state index is -0.556. The van der Waals surface area contributed by atoms with Crippen molar-refractivity contribution in [3.8, 4) is 17.0 Å². The summed E-state index contributed by atoms with van der Waals surface area (Å²) >= 11 is 0. The molecule has 0 aliphatic carbocycles. The molecule has 9 nitrogen and oxygen atoms in total. The minimum absolute atomic E-state index is 0.204. The quantitative estimate of drug-likeness (QED) is 0.418. The van der Waals surface area contributed by atoms with Gasteiger partial charge in [0.25, 0.3) is 5.91 Å². The number of anilines is 1. The van der Waals surface area contributed by atoms with Crippen LogP contribution < -0.4 is 21.1 Å². The lowest BCUT2D eigenvalue weighted by molar-refractivity contribution is -0.0146. The lowest BCUT2D eigenvalue weighted by atomic mass is 9.95. The smallest absolute Gasteiger partial charge is 0.251 e. The third-order valence-corrected chi connectivity index (χ3v) is 6.52. The standard InChI is InChI=1S/C28H38N6O3/c1-27(2,3)26-33-22-20(24(29)35)14-21(17-9-11-19(12-10-17)37-16-28(4,5)36-6)32-23(22)25(34-26)31-18-8-7-13-30-15-18/h9-12,14,18,30H,7-8,13,15-16H2,1-6H3,(H2,29,35)(H,31,33,34)/t18-/m0/s1. The second kappa shape index (κ2) is 10.6. The van der Waals surface area contributed by atoms with Crippen molar-refractivity contribution in [2.45, 2.75) is 64.5 Å². The Labute approximate surface area is 218 Å². The van der Waals surface area contributed by atoms with Crippen LogP contribution in [0.1, 0.15) is 63.6 Å². The first-order chi connectivity index (χ1) is 17.5. The van der Waals surface area contributed by atoms with E-state index in [2.05, 4.69) is 10.6 Å². The first-order valence-corrected chi connectivity index (χ1v) is 12.8. The van der Waals surface area contributed by atoms with Gasteiger partial charge in [-0.05, 0) is 63.6 Å². The molecule has 1 aromatic carbocycles. The van der Waals surface area contributed by atoms with Crippen LogP contribution in [-0.2, 0) is 10.2 Å². The zero-order valence-electron chi connectivity index (χ0n) is 22.6. The molecule has 1 aliphatic rings. The number of nitrogens with zero attached hydrogens (tertiary/aromatic N) is 3. The van der Waals surface area contributed by atoms with Crippen molar-refractivity contribution in [2.75, 3.05) is 32.1 Å². The van der Waals surface area contributed by atoms with Crippen LogP contribution in [0.15, 0.2) is 30.3 Å². The van der Waals surface area contributed by atoms with Gasteiger partial charge in [-0.3, -0.25) is 4.79 Å². The van der Waals surface area contributed by atoms with Crippen molar-refractivity contribution >= 4 is 22.8 Å². The largest absolute Gasteiger partial charge is 0.491 e. The Morgan fingerprint density at radius 2 is 1.84 bits per heavy atom. The van der Waals surface area contributed by atoms with Crippen molar-refractivity contribution in [1.29, 1.82) is 0 Å². The molecule has 3 aromatic rings. The molecule has 0 spiro atoms. The number of carbonyl (C=O) groups is 1. The molecule has 1 aliphatic heterocycles. The molecular formula is C28H38N6O3. The average molecular weight is 507 g/mol. The van der Waals surface area contributed by atoms with E-state index in [1.54, 1.807) is 13.2 Å². The number of primary amides is 1. The van der Waals surface area contributed by atoms with Crippen LogP contribution in [0.4, 0.5) is 5.82 Å². The molecule has 37 heavy (non-hydrogen) atoms. The number of hydrogen-bond acceptors (Lipinski definition) is 8. The second-order valence-electron chi connectivity index (χ2n) is 11.2. The van der Waals surface area contributed by atoms with Crippen molar-refractivity contribution in [3.05, 3.63) is 41.7 Å². The highest BCUT2D eigenvalue weighted by Gasteiger charge is 2.25. The topological polar surface area (TPSA) is 124 Å². The summed E-state index contributed by atoms with van der Waals surface area (Å²) < 4.78 is 11.3. The Balaban J connectivity index is 1.78. The van der Waals surface area contributed by atoms with Crippen molar-refractivity contribution in [2.24, 2.45) is 5.73 Å². The van der Waals surface area contributed by atoms with E-state index in [-0.39, 0.29) is 11.5 Å². The van der Waals surface area contributed by atoms with Crippen LogP contribution in [0.2, 0.25) is 0 Å². The number of aromatic nitrogens is 3. The van der Waals surface area contributed by atoms with Crippen LogP contribution >= 0.6 is 0 Å². The van der Waals surface area contributed by atoms with E-state index < -0.39 is 11.5 Å². The fourth-order valence-corrected chi connectivity index (χ4v) is 4.08. The first kappa shape index (κ1) is 26.8. The molecule has 4 N–H and O–H groups in total. The van der Waals surface area contributed by atoms with Crippen LogP contribution in [0.3, 0.4) is 0 Å². The Morgan fingerprint density at radius 1 is 1.11 bits per heavy atom. The van der Waals surface area contributed by atoms with Gasteiger partial charge in [-0.25, -0.2) is 15.0 Å². The number of pyridine rings is 1. The van der Waals surface area contributed by atoms with Crippen molar-refractivity contribution < 1.29 is 14.3 Å². The summed E-state index contributed by atoms with van der Waals surface area (Å²) in [6.45, 7) is 12.3. The summed E-state index contributed by atoms with van der Waals surface area (Å²) in [6.07, 6.45) is 2.10. The van der Waals surface area contributed by atoms with E-state index in [0.717, 1.165) is 37.2 Å². The van der Waals surface area contributed by atoms with Gasteiger partial charge in [0.2, 0.25) is 0 Å². The molecule has 3 heterocycles. The lowest BCUT2D eigenvalue weighted by Crippen LogP contribution is -2.39. The summed E-state index contributed by atoms with van der Waals surface area (Å²) in [5, 5.41) is 6.99. The molecule has 2 aromatic heterocycles. The van der Waals surface area contributed by atoms with Crippen LogP contribution in [0, 0.1) is 0 Å². The molecular weight excluding hydrogens is 468 g/mol. The van der Waals surface area contributed by atoms with Crippen LogP contribution in [0.5, 0.6) is 5.75 Å². The van der Waals surface area contributed by atoms with Gasteiger partial charge < -0.3 is 25.8 Å². The number of benzene rings is 1. The number of carbonyl (C=O) groups excluding carboxylic acids is 1. The number of nitrogens with one attached hydrogen (secondary N) is 2. The SMILES string of the molecule is COC(C)(C)COc1ccc(-c2cc(C(N)=O)c3nc(C(C)(C)C)nc(N[C@H]4CCCNC4)c3n2)cc1. The fourth-order valence-electron chi connectivity index (χ4n) is 4.08. The third kappa shape index (κ3) is 6.34. The predicted molar refractivity (Wildman–Crippen MR) is 146 cm³/mol. The number of fused-ring (bicyclic) bond motifs is 1. The Morgan fingerprint density at radius 3 is 2.43 bits per heavy atom. The summed E-state index contributed by atoms with van der Waals surface area (Å²) in [6, 6.07) is 9.49. The number of nitrogens with two attached hydrogens (primary N) is 1. The molecule has 1 amide bonds. The zero-order valence-corrected chi connectivity index (χ0v) is 22.6. The van der Waals surface area contributed by atoms with E-state index in [1.807, 2.05) is 58.9 Å². The average Bonchev–Trinajstić information content (AvgIpc) is 2.87. The highest BCUT2D eigenvalue weighted by atomic mass is 16.5. The minimum Gasteiger partial charge on any atom is -0.491 e. The normalized spacial score (nSPS) is 16.5. The molecule has 1 atom stereocenters. The molecule has 4 rings (SSSR count). The van der Waals surface area contributed by atoms with Gasteiger partial charge in [0, 0.05) is 30.7 Å². The van der Waals surface area contributed by atoms with Gasteiger partial charge in [0.05, 0.1) is 16.9 Å². The summed E-state index contributed by atoms with van der Waals surface area (Å²) in [4.78, 5) is 27.2. The maximum absolute atomic E-state index is 12.6. The zero-order chi connectivity index (χ0) is 26.8. The second-order valence-corrected chi connectivity index (χ2v) is 11.2. The molecule has 0 radical (unpaired) electrons. The van der Waals surface area contributed by atoms with Crippen LogP contribution in [-0.4, -0.2) is 59.3 Å². The Hall–Kier alpha value is -3.30. The number of amides is 1. The van der Waals surface area contributed by atoms with Gasteiger partial charge in [0.15, 0.2) is 5.82 Å². The highest BCUT2D eigenvalue weighted by molar-refractivity contribution is 6.07. The molecule has 0 bridgehead atoms. The maximum Gasteiger partial charge on any atom is 0.251 e. The first-order valence-electron chi connectivity index (χ1n) is 12.8. The molecule has 1 fully saturated rings. The Bertz CT molecular complexity index is 1260. The van der Waals surface area contributed by atoms with E-state index in [0.29, 0.717) is 40.5 Å². The van der Waals surface area contributed by atoms with Crippen LogP contribution in [0.25, 0.3) is 22.3 Å². The van der Waals surface area contributed by atoms with E-state index in [9.17, 15) is 4.79 Å². The molecule has 198 valence electrons. The van der Waals surface area contributed by atoms with Gasteiger partial charge in [0.1, 0.15) is 29.2 Å². The van der Waals surface area contributed by atoms with Gasteiger partial charge in [-0.2, -0.15) is 0 Å². The van der Waals surface area contributed by atoms with Crippen molar-refractivity contribution in [3.63, 3.8) is 0 Å². The fraction of sp³-hybridized carbons (Fsp3) is 0.500. The van der Waals surface area contributed by atoms with E-state index >= 15 is 0 Å². The number of hydrogen-bond donors (Lipinski definition) is 3. The summed E-state index contributed by atoms with van der Waals surface area (Å²) in [5.41, 5.74) is 7.89. The van der Waals surface area contributed by atoms with E-state index in [4.69, 9.17) is 30.2 Å². The molecule has 0 unspecified atom stereocenters. The van der Waals surface area contributed by atoms with Gasteiger partial charge >= 0.3 is 0 Å². The number of piperidine rings is 1. The summed E-state index contributed by atoms with van der Waals surface area (Å²) in [5.74, 6) is 1.41. The van der Waals surface area contributed by atoms with Gasteiger partial charge in [-0.15, -0.1) is 0 Å². The van der Waals surface area contributed by atoms with Gasteiger partial charge in [-0.1, -0.05) is 20.8 Å². The number of rotatable bonds is 8. The number of methoxy groups -OCH3 is 1. The van der Waals surface area contributed by atoms with E-state index in [1.165, 1.54) is 0 Å². The molecule has 9 heteroatoms. The monoisotopic (exact) mass is 506 g/mol. The third-order valence-electron chi connectivity index (χ3n) is 6.52. The molecule has 0 saturated carbocycles.